The Morgan fingerprint density at radius 1 is 1.23 bits per heavy atom. The van der Waals surface area contributed by atoms with Crippen molar-refractivity contribution in [3.05, 3.63) is 61.8 Å². The minimum absolute atomic E-state index is 0.104. The van der Waals surface area contributed by atoms with Gasteiger partial charge in [-0.15, -0.1) is 0 Å². The zero-order chi connectivity index (χ0) is 18.7. The van der Waals surface area contributed by atoms with Gasteiger partial charge in [0.1, 0.15) is 0 Å². The van der Waals surface area contributed by atoms with Crippen LogP contribution in [0.4, 0.5) is 5.69 Å². The minimum Gasteiger partial charge on any atom is -0.324 e. The summed E-state index contributed by atoms with van der Waals surface area (Å²) < 4.78 is 3.24. The SMILES string of the molecule is CCn1c(SCC(=O)Nc2ccccc2Br)nc2ccc(Br)cc2c1=O. The van der Waals surface area contributed by atoms with E-state index in [9.17, 15) is 9.59 Å². The molecule has 3 rings (SSSR count). The zero-order valence-electron chi connectivity index (χ0n) is 13.8. The van der Waals surface area contributed by atoms with Crippen molar-refractivity contribution in [2.24, 2.45) is 0 Å². The molecule has 1 amide bonds. The monoisotopic (exact) mass is 495 g/mol. The smallest absolute Gasteiger partial charge is 0.262 e. The molecule has 26 heavy (non-hydrogen) atoms. The minimum atomic E-state index is -0.158. The molecule has 0 saturated heterocycles. The molecule has 0 fully saturated rings. The largest absolute Gasteiger partial charge is 0.324 e. The van der Waals surface area contributed by atoms with Gasteiger partial charge in [-0.3, -0.25) is 14.2 Å². The van der Waals surface area contributed by atoms with Gasteiger partial charge in [-0.2, -0.15) is 0 Å². The third-order valence-electron chi connectivity index (χ3n) is 3.68. The Morgan fingerprint density at radius 2 is 2.00 bits per heavy atom. The predicted molar refractivity (Wildman–Crippen MR) is 113 cm³/mol. The second-order valence-electron chi connectivity index (χ2n) is 5.42. The summed E-state index contributed by atoms with van der Waals surface area (Å²) in [5.41, 5.74) is 1.23. The molecule has 0 aliphatic heterocycles. The number of benzene rings is 2. The van der Waals surface area contributed by atoms with E-state index >= 15 is 0 Å². The molecule has 0 unspecified atom stereocenters. The molecule has 3 aromatic rings. The van der Waals surface area contributed by atoms with Gasteiger partial charge in [-0.25, -0.2) is 4.98 Å². The summed E-state index contributed by atoms with van der Waals surface area (Å²) in [4.78, 5) is 29.5. The van der Waals surface area contributed by atoms with Crippen molar-refractivity contribution in [2.45, 2.75) is 18.6 Å². The lowest BCUT2D eigenvalue weighted by atomic mass is 10.2. The number of halogens is 2. The molecule has 1 heterocycles. The normalized spacial score (nSPS) is 10.9. The van der Waals surface area contributed by atoms with Gasteiger partial charge in [0, 0.05) is 15.5 Å². The summed E-state index contributed by atoms with van der Waals surface area (Å²) in [7, 11) is 0. The summed E-state index contributed by atoms with van der Waals surface area (Å²) in [6.07, 6.45) is 0. The number of amides is 1. The highest BCUT2D eigenvalue weighted by atomic mass is 79.9. The molecule has 1 aromatic heterocycles. The molecule has 5 nitrogen and oxygen atoms in total. The van der Waals surface area contributed by atoms with Gasteiger partial charge in [-0.05, 0) is 53.2 Å². The van der Waals surface area contributed by atoms with Crippen molar-refractivity contribution in [2.75, 3.05) is 11.1 Å². The van der Waals surface area contributed by atoms with Crippen LogP contribution in [-0.4, -0.2) is 21.2 Å². The molecule has 1 N–H and O–H groups in total. The third-order valence-corrected chi connectivity index (χ3v) is 5.84. The van der Waals surface area contributed by atoms with E-state index in [0.29, 0.717) is 28.3 Å². The summed E-state index contributed by atoms with van der Waals surface area (Å²) >= 11 is 8.03. The van der Waals surface area contributed by atoms with Gasteiger partial charge in [0.2, 0.25) is 5.91 Å². The van der Waals surface area contributed by atoms with E-state index in [1.54, 1.807) is 16.7 Å². The topological polar surface area (TPSA) is 64.0 Å². The Hall–Kier alpha value is -1.64. The Kier molecular flexibility index (Phi) is 6.16. The van der Waals surface area contributed by atoms with Crippen LogP contribution in [-0.2, 0) is 11.3 Å². The number of rotatable bonds is 5. The Morgan fingerprint density at radius 3 is 2.73 bits per heavy atom. The van der Waals surface area contributed by atoms with Crippen LogP contribution in [0.25, 0.3) is 10.9 Å². The van der Waals surface area contributed by atoms with Crippen molar-refractivity contribution in [3.8, 4) is 0 Å². The number of nitrogens with zero attached hydrogens (tertiary/aromatic N) is 2. The van der Waals surface area contributed by atoms with Gasteiger partial charge < -0.3 is 5.32 Å². The first kappa shape index (κ1) is 19.1. The molecule has 134 valence electrons. The zero-order valence-corrected chi connectivity index (χ0v) is 17.8. The van der Waals surface area contributed by atoms with Crippen LogP contribution in [0.5, 0.6) is 0 Å². The van der Waals surface area contributed by atoms with Crippen LogP contribution in [0.15, 0.2) is 61.4 Å². The standard InChI is InChI=1S/C18H15Br2N3O2S/c1-2-23-17(25)12-9-11(19)7-8-14(12)22-18(23)26-10-16(24)21-15-6-4-3-5-13(15)20/h3-9H,2,10H2,1H3,(H,21,24). The highest BCUT2D eigenvalue weighted by molar-refractivity contribution is 9.10. The maximum absolute atomic E-state index is 12.7. The Balaban J connectivity index is 1.82. The molecule has 8 heteroatoms. The number of carbonyl (C=O) groups excluding carboxylic acids is 1. The van der Waals surface area contributed by atoms with Crippen molar-refractivity contribution in [1.29, 1.82) is 0 Å². The number of anilines is 1. The van der Waals surface area contributed by atoms with E-state index < -0.39 is 0 Å². The van der Waals surface area contributed by atoms with Crippen LogP contribution in [0.2, 0.25) is 0 Å². The number of aromatic nitrogens is 2. The number of hydrogen-bond donors (Lipinski definition) is 1. The maximum Gasteiger partial charge on any atom is 0.262 e. The molecule has 0 spiro atoms. The van der Waals surface area contributed by atoms with Crippen LogP contribution < -0.4 is 10.9 Å². The molecule has 0 aliphatic rings. The quantitative estimate of drug-likeness (QED) is 0.411. The first-order valence-electron chi connectivity index (χ1n) is 7.87. The fourth-order valence-corrected chi connectivity index (χ4v) is 4.05. The van der Waals surface area contributed by atoms with Crippen LogP contribution in [0, 0.1) is 0 Å². The van der Waals surface area contributed by atoms with Crippen molar-refractivity contribution in [3.63, 3.8) is 0 Å². The third kappa shape index (κ3) is 4.19. The van der Waals surface area contributed by atoms with E-state index in [1.807, 2.05) is 37.3 Å². The van der Waals surface area contributed by atoms with Crippen molar-refractivity contribution in [1.82, 2.24) is 9.55 Å². The second kappa shape index (κ2) is 8.37. The number of fused-ring (bicyclic) bond motifs is 1. The highest BCUT2D eigenvalue weighted by Gasteiger charge is 2.13. The molecule has 0 bridgehead atoms. The number of hydrogen-bond acceptors (Lipinski definition) is 4. The summed E-state index contributed by atoms with van der Waals surface area (Å²) in [5.74, 6) is 0.00483. The Bertz CT molecular complexity index is 1040. The maximum atomic E-state index is 12.7. The molecular formula is C18H15Br2N3O2S. The fourth-order valence-electron chi connectivity index (χ4n) is 2.44. The average Bonchev–Trinajstić information content (AvgIpc) is 2.62. The highest BCUT2D eigenvalue weighted by Crippen LogP contribution is 2.23. The molecule has 0 radical (unpaired) electrons. The number of para-hydroxylation sites is 1. The van der Waals surface area contributed by atoms with E-state index in [4.69, 9.17) is 0 Å². The summed E-state index contributed by atoms with van der Waals surface area (Å²) in [6.45, 7) is 2.38. The molecule has 0 saturated carbocycles. The fraction of sp³-hybridized carbons (Fsp3) is 0.167. The van der Waals surface area contributed by atoms with Gasteiger partial charge in [0.05, 0.1) is 22.3 Å². The second-order valence-corrected chi connectivity index (χ2v) is 8.13. The van der Waals surface area contributed by atoms with Gasteiger partial charge in [0.25, 0.3) is 5.56 Å². The van der Waals surface area contributed by atoms with Gasteiger partial charge >= 0.3 is 0 Å². The molecule has 2 aromatic carbocycles. The van der Waals surface area contributed by atoms with E-state index in [1.165, 1.54) is 11.8 Å². The number of nitrogens with one attached hydrogen (secondary N) is 1. The lowest BCUT2D eigenvalue weighted by molar-refractivity contribution is -0.113. The first-order chi connectivity index (χ1) is 12.5. The van der Waals surface area contributed by atoms with E-state index in [2.05, 4.69) is 42.2 Å². The van der Waals surface area contributed by atoms with Crippen LogP contribution in [0.3, 0.4) is 0 Å². The van der Waals surface area contributed by atoms with Gasteiger partial charge in [-0.1, -0.05) is 39.8 Å². The summed E-state index contributed by atoms with van der Waals surface area (Å²) in [5, 5.41) is 3.94. The Labute approximate surface area is 171 Å². The number of carbonyl (C=O) groups is 1. The lowest BCUT2D eigenvalue weighted by Gasteiger charge is -2.12. The predicted octanol–water partition coefficient (Wildman–Crippen LogP) is 4.67. The first-order valence-corrected chi connectivity index (χ1v) is 10.4. The molecule has 0 aliphatic carbocycles. The molecular weight excluding hydrogens is 482 g/mol. The van der Waals surface area contributed by atoms with Crippen LogP contribution >= 0.6 is 43.6 Å². The summed E-state index contributed by atoms with van der Waals surface area (Å²) in [6, 6.07) is 12.8. The van der Waals surface area contributed by atoms with E-state index in [-0.39, 0.29) is 17.2 Å². The molecule has 0 atom stereocenters. The van der Waals surface area contributed by atoms with Crippen molar-refractivity contribution < 1.29 is 4.79 Å². The average molecular weight is 497 g/mol. The van der Waals surface area contributed by atoms with Crippen LogP contribution in [0.1, 0.15) is 6.92 Å². The van der Waals surface area contributed by atoms with Gasteiger partial charge in [0.15, 0.2) is 5.16 Å². The number of thioether (sulfide) groups is 1. The van der Waals surface area contributed by atoms with Crippen molar-refractivity contribution >= 4 is 66.1 Å². The van der Waals surface area contributed by atoms with E-state index in [0.717, 1.165) is 8.95 Å². The lowest BCUT2D eigenvalue weighted by Crippen LogP contribution is -2.23.